The molecule has 1 aliphatic carbocycles. The average Bonchev–Trinajstić information content (AvgIpc) is 3.61. The molecule has 1 saturated carbocycles. The summed E-state index contributed by atoms with van der Waals surface area (Å²) in [5.41, 5.74) is 3.19. The fourth-order valence-corrected chi connectivity index (χ4v) is 5.70. The molecule has 7 nitrogen and oxygen atoms in total. The first kappa shape index (κ1) is 22.1. The standard InChI is InChI=1S/C25H31N5O2S/c1-18-16-20(29-13-5-6-14-29)11-12-21(18)26-23(31)17-33-25-28-27-24(22-10-7-15-32-22)30(25)19-8-3-2-4-9-19/h7,10-12,15-16,19H,2-6,8-9,13-14,17H2,1H3,(H,26,31). The van der Waals surface area contributed by atoms with Gasteiger partial charge in [-0.2, -0.15) is 0 Å². The number of hydrogen-bond acceptors (Lipinski definition) is 6. The van der Waals surface area contributed by atoms with E-state index in [0.717, 1.165) is 53.9 Å². The largest absolute Gasteiger partial charge is 0.461 e. The lowest BCUT2D eigenvalue weighted by molar-refractivity contribution is -0.113. The van der Waals surface area contributed by atoms with Crippen LogP contribution in [0.3, 0.4) is 0 Å². The van der Waals surface area contributed by atoms with Crippen molar-refractivity contribution in [2.24, 2.45) is 0 Å². The normalized spacial score (nSPS) is 16.9. The number of nitrogens with one attached hydrogen (secondary N) is 1. The van der Waals surface area contributed by atoms with E-state index in [1.807, 2.05) is 18.2 Å². The number of carbonyl (C=O) groups is 1. The monoisotopic (exact) mass is 465 g/mol. The number of aromatic nitrogens is 3. The summed E-state index contributed by atoms with van der Waals surface area (Å²) >= 11 is 1.44. The van der Waals surface area contributed by atoms with E-state index in [1.54, 1.807) is 6.26 Å². The average molecular weight is 466 g/mol. The number of benzene rings is 1. The molecule has 0 spiro atoms. The minimum atomic E-state index is -0.0326. The Morgan fingerprint density at radius 3 is 2.67 bits per heavy atom. The van der Waals surface area contributed by atoms with E-state index in [4.69, 9.17) is 4.42 Å². The summed E-state index contributed by atoms with van der Waals surface area (Å²) in [5.74, 6) is 1.73. The molecule has 0 atom stereocenters. The highest BCUT2D eigenvalue weighted by Gasteiger charge is 2.25. The van der Waals surface area contributed by atoms with Crippen LogP contribution in [0.5, 0.6) is 0 Å². The van der Waals surface area contributed by atoms with E-state index in [0.29, 0.717) is 6.04 Å². The predicted octanol–water partition coefficient (Wildman–Crippen LogP) is 5.68. The van der Waals surface area contributed by atoms with Crippen LogP contribution in [0, 0.1) is 6.92 Å². The number of furan rings is 1. The summed E-state index contributed by atoms with van der Waals surface area (Å²) < 4.78 is 7.80. The molecule has 1 aliphatic heterocycles. The fraction of sp³-hybridized carbons (Fsp3) is 0.480. The molecule has 5 rings (SSSR count). The zero-order valence-electron chi connectivity index (χ0n) is 19.1. The second kappa shape index (κ2) is 10.0. The quantitative estimate of drug-likeness (QED) is 0.452. The molecule has 8 heteroatoms. The predicted molar refractivity (Wildman–Crippen MR) is 132 cm³/mol. The Bertz CT molecular complexity index is 1080. The highest BCUT2D eigenvalue weighted by atomic mass is 32.2. The van der Waals surface area contributed by atoms with Crippen LogP contribution in [0.1, 0.15) is 56.6 Å². The lowest BCUT2D eigenvalue weighted by atomic mass is 9.95. The van der Waals surface area contributed by atoms with Crippen molar-refractivity contribution < 1.29 is 9.21 Å². The van der Waals surface area contributed by atoms with Gasteiger partial charge in [0.25, 0.3) is 0 Å². The number of thioether (sulfide) groups is 1. The van der Waals surface area contributed by atoms with Crippen molar-refractivity contribution in [2.45, 2.75) is 63.1 Å². The van der Waals surface area contributed by atoms with Crippen molar-refractivity contribution >= 4 is 29.0 Å². The molecule has 1 aromatic carbocycles. The van der Waals surface area contributed by atoms with Gasteiger partial charge in [0, 0.05) is 30.5 Å². The van der Waals surface area contributed by atoms with Crippen LogP contribution < -0.4 is 10.2 Å². The number of aryl methyl sites for hydroxylation is 1. The van der Waals surface area contributed by atoms with Crippen LogP contribution in [0.2, 0.25) is 0 Å². The molecule has 3 heterocycles. The minimum Gasteiger partial charge on any atom is -0.461 e. The van der Waals surface area contributed by atoms with Gasteiger partial charge in [0.05, 0.1) is 12.0 Å². The minimum absolute atomic E-state index is 0.0326. The van der Waals surface area contributed by atoms with Crippen LogP contribution in [-0.4, -0.2) is 39.5 Å². The van der Waals surface area contributed by atoms with Gasteiger partial charge in [-0.3, -0.25) is 9.36 Å². The zero-order valence-corrected chi connectivity index (χ0v) is 19.9. The first-order valence-electron chi connectivity index (χ1n) is 12.0. The Morgan fingerprint density at radius 1 is 1.12 bits per heavy atom. The van der Waals surface area contributed by atoms with Crippen LogP contribution in [0.4, 0.5) is 11.4 Å². The summed E-state index contributed by atoms with van der Waals surface area (Å²) in [4.78, 5) is 15.2. The maximum absolute atomic E-state index is 12.8. The summed E-state index contributed by atoms with van der Waals surface area (Å²) in [5, 5.41) is 12.7. The molecule has 0 unspecified atom stereocenters. The van der Waals surface area contributed by atoms with Gasteiger partial charge >= 0.3 is 0 Å². The first-order valence-corrected chi connectivity index (χ1v) is 12.9. The fourth-order valence-electron chi connectivity index (χ4n) is 4.89. The third kappa shape index (κ3) is 4.95. The Morgan fingerprint density at radius 2 is 1.94 bits per heavy atom. The molecule has 174 valence electrons. The second-order valence-electron chi connectivity index (χ2n) is 8.98. The van der Waals surface area contributed by atoms with E-state index >= 15 is 0 Å². The van der Waals surface area contributed by atoms with Crippen molar-refractivity contribution in [3.63, 3.8) is 0 Å². The Balaban J connectivity index is 1.27. The van der Waals surface area contributed by atoms with Gasteiger partial charge in [0.1, 0.15) is 0 Å². The topological polar surface area (TPSA) is 76.2 Å². The van der Waals surface area contributed by atoms with Crippen LogP contribution >= 0.6 is 11.8 Å². The van der Waals surface area contributed by atoms with Crippen molar-refractivity contribution in [3.8, 4) is 11.6 Å². The van der Waals surface area contributed by atoms with E-state index < -0.39 is 0 Å². The van der Waals surface area contributed by atoms with Gasteiger partial charge in [-0.25, -0.2) is 0 Å². The molecule has 1 amide bonds. The molecule has 2 aliphatic rings. The number of nitrogens with zero attached hydrogens (tertiary/aromatic N) is 4. The van der Waals surface area contributed by atoms with E-state index in [-0.39, 0.29) is 11.7 Å². The van der Waals surface area contributed by atoms with Gasteiger partial charge in [-0.15, -0.1) is 10.2 Å². The molecule has 33 heavy (non-hydrogen) atoms. The third-order valence-electron chi connectivity index (χ3n) is 6.63. The molecule has 3 aromatic rings. The van der Waals surface area contributed by atoms with E-state index in [2.05, 4.69) is 44.0 Å². The lowest BCUT2D eigenvalue weighted by Gasteiger charge is -2.25. The SMILES string of the molecule is Cc1cc(N2CCCC2)ccc1NC(=O)CSc1nnc(-c2ccco2)n1C1CCCCC1. The molecular weight excluding hydrogens is 434 g/mol. The maximum atomic E-state index is 12.8. The number of amides is 1. The van der Waals surface area contributed by atoms with Gasteiger partial charge < -0.3 is 14.6 Å². The zero-order chi connectivity index (χ0) is 22.6. The Labute approximate surface area is 198 Å². The molecule has 0 bridgehead atoms. The number of hydrogen-bond donors (Lipinski definition) is 1. The van der Waals surface area contributed by atoms with Crippen molar-refractivity contribution in [2.75, 3.05) is 29.1 Å². The Hall–Kier alpha value is -2.74. The smallest absolute Gasteiger partial charge is 0.234 e. The van der Waals surface area contributed by atoms with Gasteiger partial charge in [0.15, 0.2) is 10.9 Å². The maximum Gasteiger partial charge on any atom is 0.234 e. The van der Waals surface area contributed by atoms with E-state index in [1.165, 1.54) is 49.6 Å². The number of anilines is 2. The summed E-state index contributed by atoms with van der Waals surface area (Å²) in [6.07, 6.45) is 10.1. The van der Waals surface area contributed by atoms with Crippen LogP contribution in [0.25, 0.3) is 11.6 Å². The molecule has 1 saturated heterocycles. The highest BCUT2D eigenvalue weighted by molar-refractivity contribution is 7.99. The molecule has 2 aromatic heterocycles. The molecular formula is C25H31N5O2S. The third-order valence-corrected chi connectivity index (χ3v) is 7.58. The van der Waals surface area contributed by atoms with Gasteiger partial charge in [-0.05, 0) is 68.5 Å². The molecule has 1 N–H and O–H groups in total. The van der Waals surface area contributed by atoms with Gasteiger partial charge in [0.2, 0.25) is 11.7 Å². The van der Waals surface area contributed by atoms with Crippen LogP contribution in [-0.2, 0) is 4.79 Å². The Kier molecular flexibility index (Phi) is 6.71. The first-order chi connectivity index (χ1) is 16.2. The van der Waals surface area contributed by atoms with Crippen molar-refractivity contribution in [1.29, 1.82) is 0 Å². The van der Waals surface area contributed by atoms with E-state index in [9.17, 15) is 4.79 Å². The molecule has 0 radical (unpaired) electrons. The lowest BCUT2D eigenvalue weighted by Crippen LogP contribution is -2.19. The van der Waals surface area contributed by atoms with Crippen molar-refractivity contribution in [1.82, 2.24) is 14.8 Å². The van der Waals surface area contributed by atoms with Gasteiger partial charge in [-0.1, -0.05) is 31.0 Å². The number of rotatable bonds is 7. The number of carbonyl (C=O) groups excluding carboxylic acids is 1. The summed E-state index contributed by atoms with van der Waals surface area (Å²) in [6, 6.07) is 10.4. The summed E-state index contributed by atoms with van der Waals surface area (Å²) in [7, 11) is 0. The second-order valence-corrected chi connectivity index (χ2v) is 9.92. The van der Waals surface area contributed by atoms with Crippen LogP contribution in [0.15, 0.2) is 46.2 Å². The van der Waals surface area contributed by atoms with Crippen molar-refractivity contribution in [3.05, 3.63) is 42.2 Å². The highest BCUT2D eigenvalue weighted by Crippen LogP contribution is 2.35. The molecule has 2 fully saturated rings. The summed E-state index contributed by atoms with van der Waals surface area (Å²) in [6.45, 7) is 4.28.